The summed E-state index contributed by atoms with van der Waals surface area (Å²) in [5.41, 5.74) is 1.29. The minimum Gasteiger partial charge on any atom is -0.490 e. The number of nitrogens with one attached hydrogen (secondary N) is 1. The lowest BCUT2D eigenvalue weighted by atomic mass is 10.2. The second-order valence-electron chi connectivity index (χ2n) is 4.26. The van der Waals surface area contributed by atoms with Crippen LogP contribution in [0.1, 0.15) is 18.9 Å². The Hall–Kier alpha value is -0.930. The first-order valence-electron chi connectivity index (χ1n) is 6.32. The molecule has 1 atom stereocenters. The van der Waals surface area contributed by atoms with Crippen LogP contribution in [0.3, 0.4) is 0 Å². The van der Waals surface area contributed by atoms with Gasteiger partial charge in [-0.25, -0.2) is 0 Å². The average Bonchev–Trinajstić information content (AvgIpc) is 2.42. The van der Waals surface area contributed by atoms with Crippen molar-refractivity contribution < 1.29 is 4.74 Å². The van der Waals surface area contributed by atoms with Crippen molar-refractivity contribution in [2.45, 2.75) is 25.1 Å². The first-order chi connectivity index (χ1) is 8.76. The van der Waals surface area contributed by atoms with Crippen molar-refractivity contribution in [1.29, 1.82) is 0 Å². The maximum atomic E-state index is 5.44. The van der Waals surface area contributed by atoms with Crippen LogP contribution in [0.5, 0.6) is 5.75 Å². The Bertz CT molecular complexity index is 337. The van der Waals surface area contributed by atoms with Gasteiger partial charge in [-0.1, -0.05) is 31.7 Å². The molecule has 3 heteroatoms. The predicted molar refractivity (Wildman–Crippen MR) is 81.4 cm³/mol. The monoisotopic (exact) mass is 265 g/mol. The third-order valence-electron chi connectivity index (χ3n) is 2.75. The van der Waals surface area contributed by atoms with E-state index in [4.69, 9.17) is 4.74 Å². The SMILES string of the molecule is C=CCOc1ccc(CNCCC(C)SC)cc1. The van der Waals surface area contributed by atoms with Crippen LogP contribution in [-0.4, -0.2) is 24.7 Å². The normalized spacial score (nSPS) is 12.1. The fourth-order valence-electron chi connectivity index (χ4n) is 1.51. The summed E-state index contributed by atoms with van der Waals surface area (Å²) in [6, 6.07) is 8.21. The molecule has 18 heavy (non-hydrogen) atoms. The Kier molecular flexibility index (Phi) is 7.62. The van der Waals surface area contributed by atoms with Gasteiger partial charge in [0.1, 0.15) is 12.4 Å². The first kappa shape index (κ1) is 15.1. The minimum atomic E-state index is 0.560. The molecule has 0 radical (unpaired) electrons. The van der Waals surface area contributed by atoms with Crippen LogP contribution in [-0.2, 0) is 6.54 Å². The van der Waals surface area contributed by atoms with Crippen LogP contribution in [0.2, 0.25) is 0 Å². The molecule has 0 bridgehead atoms. The maximum Gasteiger partial charge on any atom is 0.119 e. The summed E-state index contributed by atoms with van der Waals surface area (Å²) >= 11 is 1.92. The standard InChI is InChI=1S/C15H23NOS/c1-4-11-17-15-7-5-14(6-8-15)12-16-10-9-13(2)18-3/h4-8,13,16H,1,9-12H2,2-3H3. The molecule has 1 aromatic rings. The fourth-order valence-corrected chi connectivity index (χ4v) is 1.87. The molecular weight excluding hydrogens is 242 g/mol. The second-order valence-corrected chi connectivity index (χ2v) is 5.53. The summed E-state index contributed by atoms with van der Waals surface area (Å²) in [6.45, 7) is 8.44. The molecule has 0 saturated heterocycles. The summed E-state index contributed by atoms with van der Waals surface area (Å²) in [5, 5.41) is 4.19. The number of thioether (sulfide) groups is 1. The number of hydrogen-bond acceptors (Lipinski definition) is 3. The van der Waals surface area contributed by atoms with E-state index in [1.807, 2.05) is 23.9 Å². The Labute approximate surface area is 115 Å². The smallest absolute Gasteiger partial charge is 0.119 e. The highest BCUT2D eigenvalue weighted by Crippen LogP contribution is 2.12. The van der Waals surface area contributed by atoms with Gasteiger partial charge in [0.05, 0.1) is 0 Å². The molecule has 0 heterocycles. The van der Waals surface area contributed by atoms with Gasteiger partial charge in [0.2, 0.25) is 0 Å². The van der Waals surface area contributed by atoms with E-state index >= 15 is 0 Å². The van der Waals surface area contributed by atoms with Crippen molar-refractivity contribution in [3.8, 4) is 5.75 Å². The van der Waals surface area contributed by atoms with Crippen molar-refractivity contribution in [2.24, 2.45) is 0 Å². The second kappa shape index (κ2) is 9.06. The van der Waals surface area contributed by atoms with Crippen molar-refractivity contribution >= 4 is 11.8 Å². The van der Waals surface area contributed by atoms with Crippen LogP contribution in [0.15, 0.2) is 36.9 Å². The highest BCUT2D eigenvalue weighted by atomic mass is 32.2. The molecule has 0 amide bonds. The molecule has 1 rings (SSSR count). The Balaban J connectivity index is 2.24. The number of benzene rings is 1. The van der Waals surface area contributed by atoms with E-state index in [2.05, 4.69) is 37.2 Å². The average molecular weight is 265 g/mol. The molecule has 0 spiro atoms. The van der Waals surface area contributed by atoms with E-state index in [1.165, 1.54) is 12.0 Å². The lowest BCUT2D eigenvalue weighted by Gasteiger charge is -2.09. The van der Waals surface area contributed by atoms with Gasteiger partial charge >= 0.3 is 0 Å². The molecule has 0 fully saturated rings. The molecule has 0 saturated carbocycles. The van der Waals surface area contributed by atoms with Gasteiger partial charge in [-0.05, 0) is 36.9 Å². The van der Waals surface area contributed by atoms with Gasteiger partial charge in [0.25, 0.3) is 0 Å². The fraction of sp³-hybridized carbons (Fsp3) is 0.467. The van der Waals surface area contributed by atoms with Gasteiger partial charge in [0, 0.05) is 11.8 Å². The third kappa shape index (κ3) is 6.12. The third-order valence-corrected chi connectivity index (χ3v) is 3.79. The van der Waals surface area contributed by atoms with Gasteiger partial charge in [-0.2, -0.15) is 11.8 Å². The number of hydrogen-bond donors (Lipinski definition) is 1. The maximum absolute atomic E-state index is 5.44. The highest BCUT2D eigenvalue weighted by molar-refractivity contribution is 7.99. The van der Waals surface area contributed by atoms with Crippen LogP contribution < -0.4 is 10.1 Å². The summed E-state index contributed by atoms with van der Waals surface area (Å²) in [4.78, 5) is 0. The Morgan fingerprint density at radius 3 is 2.72 bits per heavy atom. The molecule has 1 N–H and O–H groups in total. The van der Waals surface area contributed by atoms with Crippen molar-refractivity contribution in [2.75, 3.05) is 19.4 Å². The number of ether oxygens (including phenoxy) is 1. The van der Waals surface area contributed by atoms with E-state index < -0.39 is 0 Å². The quantitative estimate of drug-likeness (QED) is 0.545. The molecule has 2 nitrogen and oxygen atoms in total. The van der Waals surface area contributed by atoms with E-state index in [0.29, 0.717) is 6.61 Å². The number of rotatable bonds is 9. The molecule has 1 unspecified atom stereocenters. The highest BCUT2D eigenvalue weighted by Gasteiger charge is 1.99. The van der Waals surface area contributed by atoms with E-state index in [1.54, 1.807) is 6.08 Å². The lowest BCUT2D eigenvalue weighted by molar-refractivity contribution is 0.363. The van der Waals surface area contributed by atoms with E-state index in [0.717, 1.165) is 24.1 Å². The Morgan fingerprint density at radius 1 is 1.39 bits per heavy atom. The summed E-state index contributed by atoms with van der Waals surface area (Å²) in [6.07, 6.45) is 5.12. The topological polar surface area (TPSA) is 21.3 Å². The largest absolute Gasteiger partial charge is 0.490 e. The van der Waals surface area contributed by atoms with E-state index in [9.17, 15) is 0 Å². The summed E-state index contributed by atoms with van der Waals surface area (Å²) in [7, 11) is 0. The zero-order valence-corrected chi connectivity index (χ0v) is 12.1. The van der Waals surface area contributed by atoms with Crippen LogP contribution in [0.4, 0.5) is 0 Å². The first-order valence-corrected chi connectivity index (χ1v) is 7.61. The molecule has 0 aromatic heterocycles. The molecule has 100 valence electrons. The minimum absolute atomic E-state index is 0.560. The molecule has 1 aromatic carbocycles. The molecule has 0 aliphatic carbocycles. The lowest BCUT2D eigenvalue weighted by Crippen LogP contribution is -2.17. The van der Waals surface area contributed by atoms with Crippen molar-refractivity contribution in [3.63, 3.8) is 0 Å². The molecule has 0 aliphatic rings. The molecule has 0 aliphatic heterocycles. The van der Waals surface area contributed by atoms with Gasteiger partial charge in [-0.3, -0.25) is 0 Å². The van der Waals surface area contributed by atoms with Gasteiger partial charge in [-0.15, -0.1) is 0 Å². The van der Waals surface area contributed by atoms with Gasteiger partial charge in [0.15, 0.2) is 0 Å². The summed E-state index contributed by atoms with van der Waals surface area (Å²) in [5.74, 6) is 0.898. The Morgan fingerprint density at radius 2 is 2.11 bits per heavy atom. The zero-order valence-electron chi connectivity index (χ0n) is 11.3. The van der Waals surface area contributed by atoms with Gasteiger partial charge < -0.3 is 10.1 Å². The molecular formula is C15H23NOS. The van der Waals surface area contributed by atoms with Crippen LogP contribution >= 0.6 is 11.8 Å². The van der Waals surface area contributed by atoms with Crippen molar-refractivity contribution in [1.82, 2.24) is 5.32 Å². The predicted octanol–water partition coefficient (Wildman–Crippen LogP) is 3.48. The van der Waals surface area contributed by atoms with Crippen molar-refractivity contribution in [3.05, 3.63) is 42.5 Å². The van der Waals surface area contributed by atoms with Crippen LogP contribution in [0, 0.1) is 0 Å². The van der Waals surface area contributed by atoms with Crippen LogP contribution in [0.25, 0.3) is 0 Å². The van der Waals surface area contributed by atoms with E-state index in [-0.39, 0.29) is 0 Å². The zero-order chi connectivity index (χ0) is 13.2. The summed E-state index contributed by atoms with van der Waals surface area (Å²) < 4.78 is 5.44.